The van der Waals surface area contributed by atoms with Gasteiger partial charge in [-0.25, -0.2) is 0 Å². The normalized spacial score (nSPS) is 26.6. The van der Waals surface area contributed by atoms with E-state index in [0.717, 1.165) is 55.8 Å². The van der Waals surface area contributed by atoms with Crippen LogP contribution in [0.15, 0.2) is 84.9 Å². The van der Waals surface area contributed by atoms with E-state index >= 15 is 0 Å². The molecular weight excluding hydrogens is 721 g/mol. The fourth-order valence-electron chi connectivity index (χ4n) is 10.2. The molecule has 11 heteroatoms. The molecule has 0 aromatic heterocycles. The lowest BCUT2D eigenvalue weighted by Gasteiger charge is -2.46. The van der Waals surface area contributed by atoms with Crippen LogP contribution in [0.3, 0.4) is 0 Å². The standard InChI is InChI=1S/C46H46N4O7/c51-32-9-13-36-29(20-32)8-12-35(27-4-2-1-3-5-27)43(36)28-6-10-33(11-7-28)57-34-21-30(22-34)41(52)25-48-18-19-49-31(23-48)26-56-44-38-24-50(40-16-17-42(53)47-45(40)54)46(55)37(38)14-15-39(44)49/h1-7,9-11,13-15,20,30-31,34-35,40,43,51H,8,12,16-19,21-26H2,(H,47,53,54)/t30?,31-,34?,35-,40?,43+/m1/s1. The number of phenols is 1. The molecule has 10 rings (SSSR count). The molecule has 292 valence electrons. The molecule has 3 fully saturated rings. The summed E-state index contributed by atoms with van der Waals surface area (Å²) in [7, 11) is 0. The van der Waals surface area contributed by atoms with Crippen LogP contribution >= 0.6 is 0 Å². The molecule has 2 N–H and O–H groups in total. The maximum Gasteiger partial charge on any atom is 0.255 e. The minimum atomic E-state index is -0.670. The fourth-order valence-corrected chi connectivity index (χ4v) is 10.2. The van der Waals surface area contributed by atoms with Crippen molar-refractivity contribution in [2.24, 2.45) is 5.92 Å². The Kier molecular flexibility index (Phi) is 9.00. The van der Waals surface area contributed by atoms with E-state index < -0.39 is 11.9 Å². The van der Waals surface area contributed by atoms with Gasteiger partial charge in [0.25, 0.3) is 5.91 Å². The van der Waals surface area contributed by atoms with Crippen molar-refractivity contribution in [3.8, 4) is 17.2 Å². The van der Waals surface area contributed by atoms with Crippen LogP contribution in [-0.2, 0) is 27.3 Å². The summed E-state index contributed by atoms with van der Waals surface area (Å²) in [5.74, 6) is 1.66. The topological polar surface area (TPSA) is 129 Å². The number of phenolic OH excluding ortho intramolecular Hbond substituents is 1. The van der Waals surface area contributed by atoms with Crippen molar-refractivity contribution in [3.05, 3.63) is 118 Å². The number of benzene rings is 4. The van der Waals surface area contributed by atoms with Crippen molar-refractivity contribution in [2.75, 3.05) is 37.7 Å². The molecule has 4 aromatic rings. The monoisotopic (exact) mass is 766 g/mol. The van der Waals surface area contributed by atoms with Gasteiger partial charge in [-0.15, -0.1) is 0 Å². The van der Waals surface area contributed by atoms with Crippen molar-refractivity contribution >= 4 is 29.2 Å². The van der Waals surface area contributed by atoms with Crippen molar-refractivity contribution in [3.63, 3.8) is 0 Å². The average molecular weight is 767 g/mol. The lowest BCUT2D eigenvalue weighted by Crippen LogP contribution is -2.58. The van der Waals surface area contributed by atoms with Gasteiger partial charge in [0.2, 0.25) is 11.8 Å². The van der Waals surface area contributed by atoms with E-state index in [1.54, 1.807) is 11.0 Å². The van der Waals surface area contributed by atoms with Crippen LogP contribution in [0.25, 0.3) is 0 Å². The van der Waals surface area contributed by atoms with Crippen LogP contribution in [0.1, 0.15) is 82.1 Å². The second-order valence-corrected chi connectivity index (χ2v) is 16.6. The fraction of sp³-hybridized carbons (Fsp3) is 0.391. The van der Waals surface area contributed by atoms with E-state index in [1.165, 1.54) is 22.3 Å². The number of piperidine rings is 1. The first-order valence-corrected chi connectivity index (χ1v) is 20.4. The summed E-state index contributed by atoms with van der Waals surface area (Å²) in [5.41, 5.74) is 7.32. The van der Waals surface area contributed by atoms with E-state index in [1.807, 2.05) is 18.2 Å². The number of aryl methyl sites for hydroxylation is 1. The highest BCUT2D eigenvalue weighted by atomic mass is 16.5. The summed E-state index contributed by atoms with van der Waals surface area (Å²) in [6.45, 7) is 3.33. The number of ether oxygens (including phenoxy) is 2. The number of hydrogen-bond donors (Lipinski definition) is 2. The number of nitrogens with one attached hydrogen (secondary N) is 1. The van der Waals surface area contributed by atoms with Crippen LogP contribution in [0, 0.1) is 5.92 Å². The van der Waals surface area contributed by atoms with Crippen molar-refractivity contribution in [1.82, 2.24) is 15.1 Å². The number of carbonyl (C=O) groups is 4. The number of nitrogens with zero attached hydrogens (tertiary/aromatic N) is 3. The third-order valence-electron chi connectivity index (χ3n) is 13.2. The second kappa shape index (κ2) is 14.4. The molecule has 1 unspecified atom stereocenters. The molecule has 3 amide bonds. The summed E-state index contributed by atoms with van der Waals surface area (Å²) in [4.78, 5) is 57.2. The summed E-state index contributed by atoms with van der Waals surface area (Å²) in [6, 6.07) is 28.2. The van der Waals surface area contributed by atoms with Crippen LogP contribution < -0.4 is 19.7 Å². The van der Waals surface area contributed by atoms with Gasteiger partial charge in [-0.3, -0.25) is 29.4 Å². The maximum absolute atomic E-state index is 13.5. The SMILES string of the molecule is O=C1CCC(N2Cc3c(ccc4c3OC[C@H]3CN(CC(=O)C5CC(Oc6ccc([C@@H]7c8ccc(O)cc8CC[C@@H]7c7ccccc7)cc6)C5)CCN43)C2=O)C(=O)N1. The van der Waals surface area contributed by atoms with Gasteiger partial charge in [0.1, 0.15) is 41.8 Å². The Morgan fingerprint density at radius 3 is 2.51 bits per heavy atom. The average Bonchev–Trinajstić information content (AvgIpc) is 3.54. The van der Waals surface area contributed by atoms with Gasteiger partial charge in [-0.1, -0.05) is 48.5 Å². The van der Waals surface area contributed by atoms with Crippen LogP contribution in [-0.4, -0.2) is 89.4 Å². The number of imide groups is 1. The Bertz CT molecular complexity index is 2250. The highest BCUT2D eigenvalue weighted by Crippen LogP contribution is 2.48. The Hall–Kier alpha value is -5.68. The Morgan fingerprint density at radius 2 is 1.70 bits per heavy atom. The third-order valence-corrected chi connectivity index (χ3v) is 13.2. The lowest BCUT2D eigenvalue weighted by molar-refractivity contribution is -0.137. The largest absolute Gasteiger partial charge is 0.508 e. The van der Waals surface area contributed by atoms with E-state index in [2.05, 4.69) is 75.8 Å². The molecule has 2 aliphatic carbocycles. The van der Waals surface area contributed by atoms with Crippen LogP contribution in [0.4, 0.5) is 5.69 Å². The van der Waals surface area contributed by atoms with Gasteiger partial charge in [-0.2, -0.15) is 0 Å². The van der Waals surface area contributed by atoms with Crippen LogP contribution in [0.2, 0.25) is 0 Å². The molecule has 4 heterocycles. The Balaban J connectivity index is 0.733. The first-order valence-electron chi connectivity index (χ1n) is 20.4. The first kappa shape index (κ1) is 35.7. The predicted octanol–water partition coefficient (Wildman–Crippen LogP) is 5.32. The molecule has 1 saturated carbocycles. The van der Waals surface area contributed by atoms with E-state index in [9.17, 15) is 24.3 Å². The molecule has 0 spiro atoms. The van der Waals surface area contributed by atoms with Gasteiger partial charge in [0.15, 0.2) is 0 Å². The van der Waals surface area contributed by atoms with Gasteiger partial charge < -0.3 is 24.4 Å². The molecule has 2 saturated heterocycles. The number of anilines is 1. The molecule has 11 nitrogen and oxygen atoms in total. The zero-order chi connectivity index (χ0) is 38.8. The maximum atomic E-state index is 13.5. The minimum absolute atomic E-state index is 0.00939. The van der Waals surface area contributed by atoms with Crippen LogP contribution in [0.5, 0.6) is 17.2 Å². The number of carbonyl (C=O) groups excluding carboxylic acids is 4. The first-order chi connectivity index (χ1) is 27.8. The third kappa shape index (κ3) is 6.51. The molecule has 4 aliphatic heterocycles. The molecule has 4 aromatic carbocycles. The van der Waals surface area contributed by atoms with Crippen molar-refractivity contribution in [2.45, 2.75) is 75.1 Å². The minimum Gasteiger partial charge on any atom is -0.508 e. The Morgan fingerprint density at radius 1 is 0.877 bits per heavy atom. The molecule has 4 atom stereocenters. The smallest absolute Gasteiger partial charge is 0.255 e. The number of ketones is 1. The van der Waals surface area contributed by atoms with E-state index in [4.69, 9.17) is 9.47 Å². The number of fused-ring (bicyclic) bond motifs is 6. The van der Waals surface area contributed by atoms with Crippen molar-refractivity contribution in [1.29, 1.82) is 0 Å². The molecule has 0 bridgehead atoms. The Labute approximate surface area is 331 Å². The highest BCUT2D eigenvalue weighted by molar-refractivity contribution is 6.06. The number of rotatable bonds is 8. The number of hydrogen-bond acceptors (Lipinski definition) is 9. The molecule has 57 heavy (non-hydrogen) atoms. The summed E-state index contributed by atoms with van der Waals surface area (Å²) in [5, 5.41) is 12.6. The summed E-state index contributed by atoms with van der Waals surface area (Å²) >= 11 is 0. The van der Waals surface area contributed by atoms with Crippen molar-refractivity contribution < 1.29 is 33.8 Å². The molecular formula is C46H46N4O7. The molecule has 6 aliphatic rings. The second-order valence-electron chi connectivity index (χ2n) is 16.6. The van der Waals surface area contributed by atoms with Gasteiger partial charge in [-0.05, 0) is 96.7 Å². The quantitative estimate of drug-likeness (QED) is 0.229. The highest BCUT2D eigenvalue weighted by Gasteiger charge is 2.44. The van der Waals surface area contributed by atoms with Gasteiger partial charge in [0.05, 0.1) is 24.8 Å². The molecule has 0 radical (unpaired) electrons. The van der Waals surface area contributed by atoms with E-state index in [-0.39, 0.29) is 54.5 Å². The van der Waals surface area contributed by atoms with Gasteiger partial charge in [0, 0.05) is 49.0 Å². The number of Topliss-reactive ketones (excluding diaryl/α,β-unsaturated/α-hetero) is 1. The predicted molar refractivity (Wildman–Crippen MR) is 212 cm³/mol. The number of amides is 3. The number of aromatic hydroxyl groups is 1. The summed E-state index contributed by atoms with van der Waals surface area (Å²) < 4.78 is 12.7. The zero-order valence-electron chi connectivity index (χ0n) is 31.8. The number of piperazine rings is 1. The lowest BCUT2D eigenvalue weighted by atomic mass is 9.69. The zero-order valence-corrected chi connectivity index (χ0v) is 31.8. The van der Waals surface area contributed by atoms with E-state index in [0.29, 0.717) is 49.1 Å². The summed E-state index contributed by atoms with van der Waals surface area (Å²) in [6.07, 6.45) is 3.93. The van der Waals surface area contributed by atoms with Gasteiger partial charge >= 0.3 is 0 Å².